The monoisotopic (exact) mass is 315 g/mol. The summed E-state index contributed by atoms with van der Waals surface area (Å²) in [5, 5.41) is 3.79. The molecule has 2 rings (SSSR count). The predicted octanol–water partition coefficient (Wildman–Crippen LogP) is 5.75. The van der Waals surface area contributed by atoms with Crippen molar-refractivity contribution in [3.8, 4) is 0 Å². The number of benzene rings is 2. The second kappa shape index (κ2) is 5.98. The van der Waals surface area contributed by atoms with Crippen LogP contribution in [0.25, 0.3) is 0 Å². The van der Waals surface area contributed by atoms with Crippen LogP contribution in [-0.4, -0.2) is 0 Å². The normalized spacial score (nSPS) is 12.3. The Morgan fingerprint density at radius 3 is 2.50 bits per heavy atom. The van der Waals surface area contributed by atoms with Crippen molar-refractivity contribution in [2.75, 3.05) is 5.32 Å². The second-order valence-corrected chi connectivity index (χ2v) is 5.38. The summed E-state index contributed by atoms with van der Waals surface area (Å²) in [6, 6.07) is 7.05. The fourth-order valence-corrected chi connectivity index (χ4v) is 2.27. The lowest BCUT2D eigenvalue weighted by molar-refractivity contribution is 0.571. The first kappa shape index (κ1) is 15.1. The van der Waals surface area contributed by atoms with Crippen LogP contribution in [-0.2, 0) is 0 Å². The summed E-state index contributed by atoms with van der Waals surface area (Å²) in [4.78, 5) is 0. The van der Waals surface area contributed by atoms with E-state index in [1.165, 1.54) is 19.1 Å². The van der Waals surface area contributed by atoms with Gasteiger partial charge in [-0.15, -0.1) is 0 Å². The molecule has 1 nitrogen and oxygen atoms in total. The molecule has 0 fully saturated rings. The van der Waals surface area contributed by atoms with Crippen molar-refractivity contribution in [3.63, 3.8) is 0 Å². The SMILES string of the molecule is Cc1cc(F)c(C(C)Nc2cccc(Cl)c2Cl)cc1F. The highest BCUT2D eigenvalue weighted by atomic mass is 35.5. The number of rotatable bonds is 3. The van der Waals surface area contributed by atoms with Gasteiger partial charge in [-0.05, 0) is 43.7 Å². The molecule has 0 spiro atoms. The van der Waals surface area contributed by atoms with Crippen molar-refractivity contribution in [1.29, 1.82) is 0 Å². The van der Waals surface area contributed by atoms with E-state index in [4.69, 9.17) is 23.2 Å². The zero-order valence-electron chi connectivity index (χ0n) is 11.0. The molecule has 0 saturated carbocycles. The topological polar surface area (TPSA) is 12.0 Å². The standard InChI is InChI=1S/C15H13Cl2F2N/c1-8-6-13(19)10(7-12(8)18)9(2)20-14-5-3-4-11(16)15(14)17/h3-7,9,20H,1-2H3. The molecule has 0 amide bonds. The molecule has 0 radical (unpaired) electrons. The zero-order chi connectivity index (χ0) is 14.9. The Morgan fingerprint density at radius 1 is 1.10 bits per heavy atom. The highest BCUT2D eigenvalue weighted by molar-refractivity contribution is 6.43. The van der Waals surface area contributed by atoms with Crippen LogP contribution in [0.15, 0.2) is 30.3 Å². The van der Waals surface area contributed by atoms with Gasteiger partial charge in [-0.25, -0.2) is 8.78 Å². The number of aryl methyl sites for hydroxylation is 1. The van der Waals surface area contributed by atoms with Gasteiger partial charge < -0.3 is 5.32 Å². The second-order valence-electron chi connectivity index (χ2n) is 4.59. The molecule has 0 aliphatic heterocycles. The maximum atomic E-state index is 13.9. The Morgan fingerprint density at radius 2 is 1.80 bits per heavy atom. The molecule has 1 atom stereocenters. The average Bonchev–Trinajstić information content (AvgIpc) is 2.39. The summed E-state index contributed by atoms with van der Waals surface area (Å²) in [6.45, 7) is 3.25. The van der Waals surface area contributed by atoms with Crippen LogP contribution < -0.4 is 5.32 Å². The molecule has 0 aromatic heterocycles. The minimum atomic E-state index is -0.456. The third-order valence-electron chi connectivity index (χ3n) is 3.07. The predicted molar refractivity (Wildman–Crippen MR) is 79.6 cm³/mol. The Bertz CT molecular complexity index is 644. The molecule has 0 bridgehead atoms. The van der Waals surface area contributed by atoms with E-state index in [2.05, 4.69) is 5.32 Å². The fourth-order valence-electron chi connectivity index (χ4n) is 1.92. The molecule has 2 aromatic carbocycles. The third kappa shape index (κ3) is 3.05. The van der Waals surface area contributed by atoms with Crippen LogP contribution in [0, 0.1) is 18.6 Å². The number of nitrogens with one attached hydrogen (secondary N) is 1. The Kier molecular flexibility index (Phi) is 4.51. The zero-order valence-corrected chi connectivity index (χ0v) is 12.5. The molecule has 0 aliphatic carbocycles. The van der Waals surface area contributed by atoms with E-state index in [0.717, 1.165) is 0 Å². The van der Waals surface area contributed by atoms with Gasteiger partial charge in [-0.1, -0.05) is 29.3 Å². The molecule has 0 saturated heterocycles. The van der Waals surface area contributed by atoms with Gasteiger partial charge in [0, 0.05) is 5.56 Å². The lowest BCUT2D eigenvalue weighted by Crippen LogP contribution is -2.10. The first-order valence-electron chi connectivity index (χ1n) is 6.06. The number of hydrogen-bond donors (Lipinski definition) is 1. The molecule has 0 aliphatic rings. The summed E-state index contributed by atoms with van der Waals surface area (Å²) in [5.74, 6) is -0.894. The minimum Gasteiger partial charge on any atom is -0.377 e. The minimum absolute atomic E-state index is 0.240. The van der Waals surface area contributed by atoms with Gasteiger partial charge >= 0.3 is 0 Å². The number of halogens is 4. The van der Waals surface area contributed by atoms with Crippen molar-refractivity contribution >= 4 is 28.9 Å². The average molecular weight is 316 g/mol. The molecular weight excluding hydrogens is 303 g/mol. The van der Waals surface area contributed by atoms with Crippen molar-refractivity contribution in [3.05, 3.63) is 63.1 Å². The quantitative estimate of drug-likeness (QED) is 0.760. The van der Waals surface area contributed by atoms with Crippen molar-refractivity contribution in [2.24, 2.45) is 0 Å². The van der Waals surface area contributed by atoms with E-state index in [-0.39, 0.29) is 11.1 Å². The summed E-state index contributed by atoms with van der Waals surface area (Å²) in [5.41, 5.74) is 1.09. The molecule has 2 aromatic rings. The molecule has 1 N–H and O–H groups in total. The molecule has 5 heteroatoms. The highest BCUT2D eigenvalue weighted by Gasteiger charge is 2.15. The van der Waals surface area contributed by atoms with E-state index in [1.807, 2.05) is 0 Å². The molecule has 1 unspecified atom stereocenters. The highest BCUT2D eigenvalue weighted by Crippen LogP contribution is 2.32. The van der Waals surface area contributed by atoms with Crippen molar-refractivity contribution < 1.29 is 8.78 Å². The first-order chi connectivity index (χ1) is 9.40. The van der Waals surface area contributed by atoms with Crippen molar-refractivity contribution in [2.45, 2.75) is 19.9 Å². The van der Waals surface area contributed by atoms with Crippen LogP contribution in [0.2, 0.25) is 10.0 Å². The van der Waals surface area contributed by atoms with Gasteiger partial charge in [0.1, 0.15) is 11.6 Å². The maximum Gasteiger partial charge on any atom is 0.128 e. The lowest BCUT2D eigenvalue weighted by atomic mass is 10.0. The molecule has 106 valence electrons. The largest absolute Gasteiger partial charge is 0.377 e. The van der Waals surface area contributed by atoms with Crippen LogP contribution in [0.1, 0.15) is 24.1 Å². The first-order valence-corrected chi connectivity index (χ1v) is 6.82. The van der Waals surface area contributed by atoms with Gasteiger partial charge in [-0.2, -0.15) is 0 Å². The van der Waals surface area contributed by atoms with Gasteiger partial charge in [0.05, 0.1) is 21.8 Å². The van der Waals surface area contributed by atoms with Gasteiger partial charge in [-0.3, -0.25) is 0 Å². The molecular formula is C15H13Cl2F2N. The van der Waals surface area contributed by atoms with E-state index in [0.29, 0.717) is 15.7 Å². The van der Waals surface area contributed by atoms with E-state index in [1.54, 1.807) is 25.1 Å². The van der Waals surface area contributed by atoms with Crippen LogP contribution in [0.4, 0.5) is 14.5 Å². The summed E-state index contributed by atoms with van der Waals surface area (Å²) in [6.07, 6.45) is 0. The Hall–Kier alpha value is -1.32. The van der Waals surface area contributed by atoms with E-state index < -0.39 is 17.7 Å². The Balaban J connectivity index is 2.31. The number of hydrogen-bond acceptors (Lipinski definition) is 1. The van der Waals surface area contributed by atoms with E-state index >= 15 is 0 Å². The van der Waals surface area contributed by atoms with E-state index in [9.17, 15) is 8.78 Å². The third-order valence-corrected chi connectivity index (χ3v) is 3.89. The fraction of sp³-hybridized carbons (Fsp3) is 0.200. The smallest absolute Gasteiger partial charge is 0.128 e. The summed E-state index contributed by atoms with van der Waals surface area (Å²) >= 11 is 12.0. The number of anilines is 1. The maximum absolute atomic E-state index is 13.9. The van der Waals surface area contributed by atoms with Crippen molar-refractivity contribution in [1.82, 2.24) is 0 Å². The summed E-state index contributed by atoms with van der Waals surface area (Å²) in [7, 11) is 0. The van der Waals surface area contributed by atoms with Gasteiger partial charge in [0.15, 0.2) is 0 Å². The van der Waals surface area contributed by atoms with Gasteiger partial charge in [0.2, 0.25) is 0 Å². The van der Waals surface area contributed by atoms with Crippen LogP contribution >= 0.6 is 23.2 Å². The van der Waals surface area contributed by atoms with Crippen LogP contribution in [0.3, 0.4) is 0 Å². The molecule has 20 heavy (non-hydrogen) atoms. The summed E-state index contributed by atoms with van der Waals surface area (Å²) < 4.78 is 27.5. The Labute approximate surface area is 126 Å². The van der Waals surface area contributed by atoms with Gasteiger partial charge in [0.25, 0.3) is 0 Å². The van der Waals surface area contributed by atoms with Crippen LogP contribution in [0.5, 0.6) is 0 Å². The molecule has 0 heterocycles. The lowest BCUT2D eigenvalue weighted by Gasteiger charge is -2.18.